The SMILES string of the molecule is CC(NC(=O)C(C)(C)C)C(=O)NCCN(C)C.CCC(C)C(C(=O)NCCN(C)C)N(C)C(=O)C(C)(C)C.CN(C)CCNC(=O)C(C)(C)NC(=O)C(C)(C)C.CN(C)CCNC(=O)C(CC(N)=O)NC(=O)C(C)(C)C.CN(C)CCNC(=O)C(CCC(=O)O)N(C)C(=O)C(C)(C)C.CN(C)CCNC(=O)C(CCCN=C(N)N)N(C)C(=O)C(C)(C)C.CSCCC(NC(=O)C(C)(C)C)C(=O)NCCN(C)C. The zero-order valence-electron chi connectivity index (χ0n) is 96.3. The van der Waals surface area contributed by atoms with Crippen LogP contribution in [0.5, 0.6) is 0 Å². The number of nitrogens with two attached hydrogens (primary N) is 3. The number of nitrogens with one attached hydrogen (secondary N) is 11. The lowest BCUT2D eigenvalue weighted by Gasteiger charge is -2.35. The second-order valence-corrected chi connectivity index (χ2v) is 46.1. The molecule has 0 saturated carbocycles. The van der Waals surface area contributed by atoms with Gasteiger partial charge in [-0.25, -0.2) is 0 Å². The number of aliphatic imine (C=N–C) groups is 1. The second kappa shape index (κ2) is 72.2. The molecule has 0 aliphatic carbocycles. The van der Waals surface area contributed by atoms with Gasteiger partial charge in [-0.05, 0) is 163 Å². The Kier molecular flexibility index (Phi) is 74.1. The number of amides is 15. The third-order valence-corrected chi connectivity index (χ3v) is 21.2. The van der Waals surface area contributed by atoms with Crippen molar-refractivity contribution in [2.75, 3.05) is 230 Å². The number of aliphatic carboxylic acids is 1. The predicted molar refractivity (Wildman–Crippen MR) is 574 cm³/mol. The number of guanidine groups is 1. The summed E-state index contributed by atoms with van der Waals surface area (Å²) < 4.78 is 0. The molecule has 0 saturated heterocycles. The van der Waals surface area contributed by atoms with E-state index >= 15 is 0 Å². The van der Waals surface area contributed by atoms with Gasteiger partial charge in [-0.2, -0.15) is 11.8 Å². The van der Waals surface area contributed by atoms with Crippen molar-refractivity contribution >= 4 is 112 Å². The first-order chi connectivity index (χ1) is 64.3. The molecule has 0 spiro atoms. The van der Waals surface area contributed by atoms with Crippen molar-refractivity contribution in [1.29, 1.82) is 0 Å². The third-order valence-electron chi connectivity index (χ3n) is 20.6. The summed E-state index contributed by atoms with van der Waals surface area (Å²) in [6, 6.07) is -3.59. The van der Waals surface area contributed by atoms with Crippen LogP contribution in [-0.4, -0.2) is 426 Å². The summed E-state index contributed by atoms with van der Waals surface area (Å²) in [7, 11) is 32.0. The molecule has 142 heavy (non-hydrogen) atoms. The number of hydrogen-bond donors (Lipinski definition) is 15. The number of carbonyl (C=O) groups is 16. The molecule has 7 unspecified atom stereocenters. The Hall–Kier alpha value is -9.14. The van der Waals surface area contributed by atoms with Gasteiger partial charge >= 0.3 is 5.97 Å². The number of carboxylic acid groups (broad SMARTS) is 1. The third kappa shape index (κ3) is 74.7. The van der Waals surface area contributed by atoms with Crippen LogP contribution in [0.1, 0.15) is 225 Å². The quantitative estimate of drug-likeness (QED) is 0.0236. The van der Waals surface area contributed by atoms with E-state index in [4.69, 9.17) is 22.3 Å². The molecular formula is C99H203N25O17S. The molecular weight excluding hydrogens is 1840 g/mol. The molecule has 0 aliphatic rings. The number of nitrogens with zero attached hydrogens (tertiary/aromatic N) is 11. The molecule has 832 valence electrons. The Labute approximate surface area is 860 Å². The van der Waals surface area contributed by atoms with E-state index in [0.717, 1.165) is 44.9 Å². The molecule has 0 rings (SSSR count). The number of carboxylic acids is 1. The summed E-state index contributed by atoms with van der Waals surface area (Å²) in [5, 5.41) is 39.4. The zero-order chi connectivity index (χ0) is 113. The fourth-order valence-corrected chi connectivity index (χ4v) is 11.7. The first-order valence-corrected chi connectivity index (χ1v) is 50.3. The summed E-state index contributed by atoms with van der Waals surface area (Å²) in [6.07, 6.45) is 4.34. The molecule has 0 aliphatic heterocycles. The van der Waals surface area contributed by atoms with Gasteiger partial charge in [0.25, 0.3) is 0 Å². The van der Waals surface area contributed by atoms with Crippen LogP contribution in [0.4, 0.5) is 0 Å². The lowest BCUT2D eigenvalue weighted by molar-refractivity contribution is -0.146. The molecule has 0 aromatic heterocycles. The summed E-state index contributed by atoms with van der Waals surface area (Å²) in [5.41, 5.74) is 11.1. The van der Waals surface area contributed by atoms with E-state index in [2.05, 4.69) is 63.5 Å². The van der Waals surface area contributed by atoms with Crippen LogP contribution < -0.4 is 75.7 Å². The highest BCUT2D eigenvalue weighted by atomic mass is 32.2. The van der Waals surface area contributed by atoms with Gasteiger partial charge in [-0.1, -0.05) is 166 Å². The Morgan fingerprint density at radius 3 is 0.930 bits per heavy atom. The smallest absolute Gasteiger partial charge is 0.303 e. The normalized spacial score (nSPS) is 13.1. The summed E-state index contributed by atoms with van der Waals surface area (Å²) in [6.45, 7) is 56.7. The molecule has 7 atom stereocenters. The van der Waals surface area contributed by atoms with E-state index in [1.54, 1.807) is 100 Å². The Morgan fingerprint density at radius 2 is 0.634 bits per heavy atom. The Bertz CT molecular complexity index is 3770. The number of thioether (sulfide) groups is 1. The highest BCUT2D eigenvalue weighted by Gasteiger charge is 2.40. The molecule has 0 aromatic rings. The van der Waals surface area contributed by atoms with Crippen LogP contribution in [0, 0.1) is 43.8 Å². The fraction of sp³-hybridized carbons (Fsp3) is 0.828. The summed E-state index contributed by atoms with van der Waals surface area (Å²) in [4.78, 5) is 214. The minimum Gasteiger partial charge on any atom is -0.481 e. The highest BCUT2D eigenvalue weighted by Crippen LogP contribution is 2.25. The van der Waals surface area contributed by atoms with E-state index in [0.29, 0.717) is 84.7 Å². The molecule has 43 heteroatoms. The largest absolute Gasteiger partial charge is 0.481 e. The van der Waals surface area contributed by atoms with Gasteiger partial charge in [-0.15, -0.1) is 0 Å². The second-order valence-electron chi connectivity index (χ2n) is 45.1. The van der Waals surface area contributed by atoms with Crippen molar-refractivity contribution < 1.29 is 81.8 Å². The molecule has 42 nitrogen and oxygen atoms in total. The number of rotatable bonds is 49. The molecule has 0 heterocycles. The van der Waals surface area contributed by atoms with Crippen LogP contribution >= 0.6 is 11.8 Å². The lowest BCUT2D eigenvalue weighted by Crippen LogP contribution is -2.57. The number of primary amides is 1. The van der Waals surface area contributed by atoms with Crippen molar-refractivity contribution in [3.05, 3.63) is 0 Å². The molecule has 0 bridgehead atoms. The van der Waals surface area contributed by atoms with E-state index in [-0.39, 0.29) is 108 Å². The fourth-order valence-electron chi connectivity index (χ4n) is 11.2. The summed E-state index contributed by atoms with van der Waals surface area (Å²) >= 11 is 1.67. The van der Waals surface area contributed by atoms with Gasteiger partial charge in [0.1, 0.15) is 41.8 Å². The number of likely N-dealkylation sites (N-methyl/N-ethyl adjacent to an activating group) is 10. The van der Waals surface area contributed by atoms with Gasteiger partial charge in [0, 0.05) is 164 Å². The van der Waals surface area contributed by atoms with Gasteiger partial charge in [0.05, 0.1) is 6.42 Å². The lowest BCUT2D eigenvalue weighted by atomic mass is 9.91. The number of hydrogen-bond acceptors (Lipinski definition) is 25. The maximum absolute atomic E-state index is 12.5. The van der Waals surface area contributed by atoms with Crippen LogP contribution in [0.3, 0.4) is 0 Å². The van der Waals surface area contributed by atoms with Crippen molar-refractivity contribution in [2.45, 2.75) is 267 Å². The van der Waals surface area contributed by atoms with Crippen molar-refractivity contribution in [3.8, 4) is 0 Å². The van der Waals surface area contributed by atoms with Gasteiger partial charge in [-0.3, -0.25) is 81.7 Å². The number of carbonyl (C=O) groups excluding carboxylic acids is 15. The monoisotopic (exact) mass is 2050 g/mol. The maximum atomic E-state index is 12.5. The van der Waals surface area contributed by atoms with Crippen LogP contribution in [0.2, 0.25) is 0 Å². The van der Waals surface area contributed by atoms with Gasteiger partial charge < -0.3 is 130 Å². The van der Waals surface area contributed by atoms with Crippen LogP contribution in [0.25, 0.3) is 0 Å². The van der Waals surface area contributed by atoms with Gasteiger partial charge in [0.15, 0.2) is 5.96 Å². The standard InChI is InChI=1S/C16H34N6O2.C16H33N3O2.C15H29N3O4.C14H29N3O2S.C13H26N4O3.C13H27N3O2.C12H25N3O2/c1-16(2,3)14(24)22(6)12(8-7-9-20-15(17)18)13(23)19-10-11-21(4)5;1-9-12(2)13(14(20)17-10-11-18(6)7)19(8)15(21)16(3,4)5;1-15(2,3)14(22)18(6)11(7-8-12(19)20)13(21)16-9-10-17(4)5;1-14(2,3)13(19)16-11(7-10-20-6)12(18)15-8-9-17(4)5;1-13(2,3)12(20)16-9(8-10(14)18)11(19)15-6-7-17(4)5;1-12(2,3)10(17)15-13(4,5)11(18)14-8-9-16(6)7;1-9(14-11(17)12(2,3)4)10(16)13-7-8-15(5)6/h12H,7-11H2,1-6H3,(H,19,23)(H4,17,18,20);12-13H,9-11H2,1-8H3,(H,17,20);11H,7-10H2,1-6H3,(H,16,21)(H,19,20);11H,7-10H2,1-6H3,(H,15,18)(H,16,19);9H,6-8H2,1-5H3,(H2,14,18)(H,15,19)(H,16,20);8-9H2,1-7H3,(H,14,18)(H,15,17);9H,7-8H2,1-6H3,(H,13,16)(H,14,17). The Balaban J connectivity index is -0.000000300. The van der Waals surface area contributed by atoms with Crippen LogP contribution in [-0.2, 0) is 76.7 Å². The Morgan fingerprint density at radius 1 is 0.345 bits per heavy atom. The average Bonchev–Trinajstić information content (AvgIpc) is 0.825. The van der Waals surface area contributed by atoms with Crippen molar-refractivity contribution in [3.63, 3.8) is 0 Å². The highest BCUT2D eigenvalue weighted by molar-refractivity contribution is 7.98. The molecule has 15 amide bonds. The first kappa shape index (κ1) is 146. The minimum absolute atomic E-state index is 0.00411. The van der Waals surface area contributed by atoms with Crippen molar-refractivity contribution in [2.24, 2.45) is 66.0 Å². The van der Waals surface area contributed by atoms with E-state index in [9.17, 15) is 76.7 Å². The topological polar surface area (TPSA) is 548 Å². The van der Waals surface area contributed by atoms with E-state index < -0.39 is 97.5 Å². The maximum Gasteiger partial charge on any atom is 0.303 e. The molecule has 0 fully saturated rings. The zero-order valence-corrected chi connectivity index (χ0v) is 97.2. The predicted octanol–water partition coefficient (Wildman–Crippen LogP) is 2.42. The average molecular weight is 2050 g/mol. The first-order valence-electron chi connectivity index (χ1n) is 48.9. The summed E-state index contributed by atoms with van der Waals surface area (Å²) in [5.74, 6) is -2.86. The van der Waals surface area contributed by atoms with E-state index in [1.807, 2.05) is 257 Å². The molecule has 0 radical (unpaired) electrons. The van der Waals surface area contributed by atoms with Gasteiger partial charge in [0.2, 0.25) is 88.6 Å². The van der Waals surface area contributed by atoms with Crippen molar-refractivity contribution in [1.82, 2.24) is 107 Å². The molecule has 18 N–H and O–H groups in total. The molecule has 0 aromatic carbocycles. The minimum atomic E-state index is -0.984. The van der Waals surface area contributed by atoms with E-state index in [1.165, 1.54) is 9.80 Å². The van der Waals surface area contributed by atoms with Crippen LogP contribution in [0.15, 0.2) is 4.99 Å².